The first-order valence-electron chi connectivity index (χ1n) is 6.73. The number of halogens is 2. The number of hydrogen-bond acceptors (Lipinski definition) is 2. The lowest BCUT2D eigenvalue weighted by molar-refractivity contribution is -0.0698. The van der Waals surface area contributed by atoms with Crippen molar-refractivity contribution in [2.45, 2.75) is 44.4 Å². The van der Waals surface area contributed by atoms with Gasteiger partial charge in [-0.25, -0.2) is 8.93 Å². The van der Waals surface area contributed by atoms with Gasteiger partial charge in [0, 0.05) is 18.7 Å². The third-order valence-corrected chi connectivity index (χ3v) is 4.65. The number of ether oxygens (including phenoxy) is 1. The molecule has 0 aliphatic rings. The third-order valence-electron chi connectivity index (χ3n) is 2.97. The Morgan fingerprint density at radius 3 is 2.48 bits per heavy atom. The molecule has 0 saturated heterocycles. The van der Waals surface area contributed by atoms with Crippen molar-refractivity contribution in [1.29, 1.82) is 0 Å². The molecule has 1 aromatic rings. The summed E-state index contributed by atoms with van der Waals surface area (Å²) >= 11 is 0. The zero-order valence-corrected chi connectivity index (χ0v) is 13.9. The summed E-state index contributed by atoms with van der Waals surface area (Å²) < 4.78 is 46.8. The summed E-state index contributed by atoms with van der Waals surface area (Å²) in [7, 11) is -0.0168. The van der Waals surface area contributed by atoms with Gasteiger partial charge in [-0.3, -0.25) is 0 Å². The van der Waals surface area contributed by atoms with E-state index >= 15 is 0 Å². The summed E-state index contributed by atoms with van der Waals surface area (Å²) in [6.07, 6.45) is 0. The van der Waals surface area contributed by atoms with E-state index in [-0.39, 0.29) is 11.6 Å². The summed E-state index contributed by atoms with van der Waals surface area (Å²) in [5, 5.41) is 0. The maximum Gasteiger partial charge on any atom is 0.296 e. The van der Waals surface area contributed by atoms with Crippen LogP contribution < -0.4 is 4.72 Å². The van der Waals surface area contributed by atoms with Crippen LogP contribution in [0.2, 0.25) is 0 Å². The van der Waals surface area contributed by atoms with E-state index in [0.29, 0.717) is 5.56 Å². The van der Waals surface area contributed by atoms with Crippen LogP contribution in [0.1, 0.15) is 44.9 Å². The fourth-order valence-corrected chi connectivity index (χ4v) is 2.52. The highest BCUT2D eigenvalue weighted by molar-refractivity contribution is 7.84. The second-order valence-electron chi connectivity index (χ2n) is 5.98. The van der Waals surface area contributed by atoms with Gasteiger partial charge in [0.1, 0.15) is 6.61 Å². The highest BCUT2D eigenvalue weighted by Gasteiger charge is 2.32. The van der Waals surface area contributed by atoms with Gasteiger partial charge in [0.2, 0.25) is 0 Å². The minimum absolute atomic E-state index is 0.1000. The van der Waals surface area contributed by atoms with Crippen molar-refractivity contribution in [3.8, 4) is 0 Å². The Labute approximate surface area is 127 Å². The Hall–Kier alpha value is -0.850. The summed E-state index contributed by atoms with van der Waals surface area (Å²) in [5.41, 5.74) is 0.568. The fourth-order valence-electron chi connectivity index (χ4n) is 1.71. The van der Waals surface area contributed by atoms with Gasteiger partial charge in [-0.05, 0) is 39.3 Å². The van der Waals surface area contributed by atoms with Crippen LogP contribution in [0.25, 0.3) is 0 Å². The molecule has 0 aliphatic heterocycles. The van der Waals surface area contributed by atoms with Crippen LogP contribution in [0.3, 0.4) is 0 Å². The van der Waals surface area contributed by atoms with Crippen LogP contribution >= 0.6 is 0 Å². The Bertz CT molecular complexity index is 501. The number of methoxy groups -OCH3 is 1. The average molecular weight is 319 g/mol. The van der Waals surface area contributed by atoms with Gasteiger partial charge in [-0.1, -0.05) is 18.2 Å². The fraction of sp³-hybridized carbons (Fsp3) is 0.600. The largest absolute Gasteiger partial charge is 0.378 e. The second kappa shape index (κ2) is 6.94. The minimum Gasteiger partial charge on any atom is -0.378 e. The quantitative estimate of drug-likeness (QED) is 0.871. The van der Waals surface area contributed by atoms with Crippen LogP contribution in [0.5, 0.6) is 0 Å². The van der Waals surface area contributed by atoms with Crippen molar-refractivity contribution in [3.63, 3.8) is 0 Å². The predicted octanol–water partition coefficient (Wildman–Crippen LogP) is 3.54. The Balaban J connectivity index is 2.92. The molecule has 0 bridgehead atoms. The zero-order valence-electron chi connectivity index (χ0n) is 13.1. The van der Waals surface area contributed by atoms with Crippen molar-refractivity contribution in [1.82, 2.24) is 4.72 Å². The lowest BCUT2D eigenvalue weighted by atomic mass is 10.0. The lowest BCUT2D eigenvalue weighted by Crippen LogP contribution is -2.34. The molecule has 0 radical (unpaired) electrons. The topological polar surface area (TPSA) is 38.3 Å². The molecule has 1 unspecified atom stereocenters. The monoisotopic (exact) mass is 319 g/mol. The summed E-state index contributed by atoms with van der Waals surface area (Å²) in [5.74, 6) is -3.03. The van der Waals surface area contributed by atoms with Crippen molar-refractivity contribution in [2.75, 3.05) is 13.7 Å². The Morgan fingerprint density at radius 2 is 1.95 bits per heavy atom. The average Bonchev–Trinajstić information content (AvgIpc) is 2.37. The molecule has 1 rings (SSSR count). The number of benzene rings is 1. The predicted molar refractivity (Wildman–Crippen MR) is 81.7 cm³/mol. The maximum absolute atomic E-state index is 13.8. The van der Waals surface area contributed by atoms with Crippen LogP contribution in [0.15, 0.2) is 24.3 Å². The first-order chi connectivity index (χ1) is 9.58. The van der Waals surface area contributed by atoms with Gasteiger partial charge < -0.3 is 4.74 Å². The van der Waals surface area contributed by atoms with E-state index in [1.165, 1.54) is 19.2 Å². The van der Waals surface area contributed by atoms with Crippen molar-refractivity contribution < 1.29 is 17.7 Å². The zero-order chi connectivity index (χ0) is 16.3. The molecule has 0 spiro atoms. The van der Waals surface area contributed by atoms with E-state index in [1.807, 2.05) is 20.8 Å². The summed E-state index contributed by atoms with van der Waals surface area (Å²) in [4.78, 5) is 0. The van der Waals surface area contributed by atoms with Crippen LogP contribution in [-0.2, 0) is 21.6 Å². The highest BCUT2D eigenvalue weighted by Crippen LogP contribution is 2.30. The molecule has 2 atom stereocenters. The lowest BCUT2D eigenvalue weighted by Gasteiger charge is -2.23. The molecule has 6 heteroatoms. The molecule has 0 saturated carbocycles. The molecule has 0 fully saturated rings. The van der Waals surface area contributed by atoms with Gasteiger partial charge in [-0.2, -0.15) is 8.78 Å². The molecule has 0 heterocycles. The number of hydrogen-bond donors (Lipinski definition) is 1. The van der Waals surface area contributed by atoms with Crippen molar-refractivity contribution in [3.05, 3.63) is 35.4 Å². The number of rotatable bonds is 6. The smallest absolute Gasteiger partial charge is 0.296 e. The number of alkyl halides is 2. The van der Waals surface area contributed by atoms with Crippen molar-refractivity contribution >= 4 is 11.0 Å². The van der Waals surface area contributed by atoms with E-state index in [2.05, 4.69) is 9.46 Å². The van der Waals surface area contributed by atoms with Crippen LogP contribution in [-0.4, -0.2) is 22.7 Å². The minimum atomic E-state index is -3.03. The number of nitrogens with one attached hydrogen (secondary N) is 1. The van der Waals surface area contributed by atoms with E-state index in [1.54, 1.807) is 19.1 Å². The van der Waals surface area contributed by atoms with E-state index in [9.17, 15) is 13.0 Å². The van der Waals surface area contributed by atoms with E-state index < -0.39 is 28.3 Å². The SMILES string of the molecule is COCC(F)(F)c1cccc([C@@H](C)NS(=O)C(C)(C)C)c1. The van der Waals surface area contributed by atoms with Crippen LogP contribution in [0, 0.1) is 0 Å². The Kier molecular flexibility index (Phi) is 6.01. The molecule has 0 aliphatic carbocycles. The molecule has 3 nitrogen and oxygen atoms in total. The van der Waals surface area contributed by atoms with E-state index in [4.69, 9.17) is 0 Å². The van der Waals surface area contributed by atoms with Crippen molar-refractivity contribution in [2.24, 2.45) is 0 Å². The molecule has 0 amide bonds. The summed E-state index contributed by atoms with van der Waals surface area (Å²) in [6, 6.07) is 5.83. The van der Waals surface area contributed by atoms with Gasteiger partial charge in [0.05, 0.1) is 15.7 Å². The van der Waals surface area contributed by atoms with Gasteiger partial charge in [0.25, 0.3) is 5.92 Å². The first-order valence-corrected chi connectivity index (χ1v) is 7.88. The third kappa shape index (κ3) is 5.13. The van der Waals surface area contributed by atoms with Gasteiger partial charge >= 0.3 is 0 Å². The molecular weight excluding hydrogens is 296 g/mol. The van der Waals surface area contributed by atoms with Crippen LogP contribution in [0.4, 0.5) is 8.78 Å². The molecular formula is C15H23F2NO2S. The van der Waals surface area contributed by atoms with Gasteiger partial charge in [-0.15, -0.1) is 0 Å². The molecule has 1 N–H and O–H groups in total. The maximum atomic E-state index is 13.8. The molecule has 0 aromatic heterocycles. The molecule has 120 valence electrons. The second-order valence-corrected chi connectivity index (χ2v) is 7.98. The highest BCUT2D eigenvalue weighted by atomic mass is 32.2. The normalized spacial score (nSPS) is 15.8. The standard InChI is InChI=1S/C15H23F2NO2S/c1-11(18-21(19)14(2,3)4)12-7-6-8-13(9-12)15(16,17)10-20-5/h6-9,11,18H,10H2,1-5H3/t11-,21?/m1/s1. The summed E-state index contributed by atoms with van der Waals surface area (Å²) in [6.45, 7) is 6.70. The van der Waals surface area contributed by atoms with E-state index in [0.717, 1.165) is 0 Å². The van der Waals surface area contributed by atoms with Gasteiger partial charge in [0.15, 0.2) is 0 Å². The molecule has 21 heavy (non-hydrogen) atoms. The first kappa shape index (κ1) is 18.2. The Morgan fingerprint density at radius 1 is 1.33 bits per heavy atom. The molecule has 1 aromatic carbocycles.